The Morgan fingerprint density at radius 1 is 1.25 bits per heavy atom. The molecule has 1 aromatic carbocycles. The quantitative estimate of drug-likeness (QED) is 0.272. The third-order valence-electron chi connectivity index (χ3n) is 4.46. The number of rotatable bonds is 3. The number of benzene rings is 1. The van der Waals surface area contributed by atoms with Crippen molar-refractivity contribution in [1.82, 2.24) is 14.8 Å². The second-order valence-corrected chi connectivity index (χ2v) is 7.03. The molecule has 2 aromatic rings. The molecule has 1 N–H and O–H groups in total. The van der Waals surface area contributed by atoms with Crippen molar-refractivity contribution in [1.29, 1.82) is 0 Å². The average Bonchev–Trinajstić information content (AvgIpc) is 2.90. The molecule has 2 heterocycles. The van der Waals surface area contributed by atoms with Crippen molar-refractivity contribution < 1.29 is 14.5 Å². The number of nitro groups is 1. The second kappa shape index (κ2) is 7.17. The molecule has 1 aliphatic heterocycles. The van der Waals surface area contributed by atoms with Gasteiger partial charge in [0.05, 0.1) is 4.92 Å². The lowest BCUT2D eigenvalue weighted by molar-refractivity contribution is -0.384. The van der Waals surface area contributed by atoms with Gasteiger partial charge in [-0.05, 0) is 55.9 Å². The van der Waals surface area contributed by atoms with Gasteiger partial charge in [0.15, 0.2) is 5.11 Å². The van der Waals surface area contributed by atoms with Crippen LogP contribution in [0.2, 0.25) is 5.02 Å². The number of halogens is 1. The van der Waals surface area contributed by atoms with Crippen LogP contribution in [0.1, 0.15) is 17.0 Å². The fourth-order valence-electron chi connectivity index (χ4n) is 3.02. The highest BCUT2D eigenvalue weighted by molar-refractivity contribution is 7.80. The first-order chi connectivity index (χ1) is 13.1. The van der Waals surface area contributed by atoms with Crippen molar-refractivity contribution in [3.63, 3.8) is 0 Å². The standard InChI is InChI=1S/C18H15ClN4O4S/c1-9-6-11(7-13-16(24)20-18(28)21(3)17(13)25)10(2)22(9)12-4-5-15(23(26)27)14(19)8-12/h4-8H,1-3H3,(H,20,24,28)/b13-7+. The molecular formula is C18H15ClN4O4S. The molecule has 10 heteroatoms. The third-order valence-corrected chi connectivity index (χ3v) is 5.14. The number of nitro benzene ring substituents is 1. The lowest BCUT2D eigenvalue weighted by Gasteiger charge is -2.25. The summed E-state index contributed by atoms with van der Waals surface area (Å²) in [6.45, 7) is 3.66. The smallest absolute Gasteiger partial charge is 0.288 e. The van der Waals surface area contributed by atoms with Crippen molar-refractivity contribution >= 4 is 52.5 Å². The number of carbonyl (C=O) groups is 2. The van der Waals surface area contributed by atoms with Crippen molar-refractivity contribution in [3.05, 3.63) is 61.9 Å². The van der Waals surface area contributed by atoms with Gasteiger partial charge in [-0.15, -0.1) is 0 Å². The molecule has 1 aromatic heterocycles. The largest absolute Gasteiger partial charge is 0.318 e. The maximum absolute atomic E-state index is 12.4. The zero-order valence-electron chi connectivity index (χ0n) is 15.1. The number of nitrogens with one attached hydrogen (secondary N) is 1. The average molecular weight is 419 g/mol. The van der Waals surface area contributed by atoms with Gasteiger partial charge >= 0.3 is 0 Å². The summed E-state index contributed by atoms with van der Waals surface area (Å²) in [4.78, 5) is 36.2. The van der Waals surface area contributed by atoms with Gasteiger partial charge in [-0.25, -0.2) is 0 Å². The van der Waals surface area contributed by atoms with Crippen molar-refractivity contribution in [2.45, 2.75) is 13.8 Å². The van der Waals surface area contributed by atoms with E-state index in [0.717, 1.165) is 11.4 Å². The minimum absolute atomic E-state index is 0.0203. The van der Waals surface area contributed by atoms with E-state index in [4.69, 9.17) is 23.8 Å². The molecule has 2 amide bonds. The molecule has 1 fully saturated rings. The minimum atomic E-state index is -0.559. The molecule has 0 saturated carbocycles. The monoisotopic (exact) mass is 418 g/mol. The molecule has 0 atom stereocenters. The minimum Gasteiger partial charge on any atom is -0.318 e. The van der Waals surface area contributed by atoms with Crippen molar-refractivity contribution in [3.8, 4) is 5.69 Å². The molecule has 1 aliphatic rings. The Hall–Kier alpha value is -3.04. The van der Waals surface area contributed by atoms with Crippen LogP contribution >= 0.6 is 23.8 Å². The Kier molecular flexibility index (Phi) is 5.05. The van der Waals surface area contributed by atoms with Gasteiger partial charge < -0.3 is 4.57 Å². The molecule has 8 nitrogen and oxygen atoms in total. The summed E-state index contributed by atoms with van der Waals surface area (Å²) in [6.07, 6.45) is 1.50. The van der Waals surface area contributed by atoms with Gasteiger partial charge in [0, 0.05) is 30.2 Å². The van der Waals surface area contributed by atoms with Crippen LogP contribution in [0.15, 0.2) is 29.8 Å². The van der Waals surface area contributed by atoms with Crippen LogP contribution in [-0.4, -0.2) is 38.4 Å². The molecule has 0 unspecified atom stereocenters. The number of carbonyl (C=O) groups excluding carboxylic acids is 2. The highest BCUT2D eigenvalue weighted by atomic mass is 35.5. The SMILES string of the molecule is Cc1cc(/C=C2\C(=O)NC(=S)N(C)C2=O)c(C)n1-c1ccc([N+](=O)[O-])c(Cl)c1. The summed E-state index contributed by atoms with van der Waals surface area (Å²) < 4.78 is 1.83. The number of aryl methyl sites for hydroxylation is 1. The summed E-state index contributed by atoms with van der Waals surface area (Å²) >= 11 is 11.0. The number of hydrogen-bond acceptors (Lipinski definition) is 5. The molecule has 0 aliphatic carbocycles. The van der Waals surface area contributed by atoms with Gasteiger partial charge in [-0.1, -0.05) is 11.6 Å². The Bertz CT molecular complexity index is 1090. The first-order valence-electron chi connectivity index (χ1n) is 8.10. The summed E-state index contributed by atoms with van der Waals surface area (Å²) in [6, 6.07) is 6.24. The van der Waals surface area contributed by atoms with E-state index in [1.54, 1.807) is 6.07 Å². The number of likely N-dealkylation sites (N-methyl/N-ethyl adjacent to an activating group) is 1. The van der Waals surface area contributed by atoms with Gasteiger partial charge in [-0.2, -0.15) is 0 Å². The fraction of sp³-hybridized carbons (Fsp3) is 0.167. The van der Waals surface area contributed by atoms with E-state index in [2.05, 4.69) is 5.32 Å². The number of nitrogens with zero attached hydrogens (tertiary/aromatic N) is 3. The number of amides is 2. The van der Waals surface area contributed by atoms with Crippen LogP contribution < -0.4 is 5.32 Å². The van der Waals surface area contributed by atoms with Gasteiger partial charge in [0.2, 0.25) is 0 Å². The molecule has 144 valence electrons. The van der Waals surface area contributed by atoms with E-state index in [1.165, 1.54) is 30.2 Å². The Morgan fingerprint density at radius 2 is 1.93 bits per heavy atom. The molecule has 3 rings (SSSR count). The fourth-order valence-corrected chi connectivity index (χ4v) is 3.43. The predicted octanol–water partition coefficient (Wildman–Crippen LogP) is 2.91. The van der Waals surface area contributed by atoms with Crippen LogP contribution in [0.3, 0.4) is 0 Å². The Balaban J connectivity index is 2.07. The second-order valence-electron chi connectivity index (χ2n) is 6.24. The van der Waals surface area contributed by atoms with Gasteiger partial charge in [0.25, 0.3) is 17.5 Å². The highest BCUT2D eigenvalue weighted by Crippen LogP contribution is 2.30. The Morgan fingerprint density at radius 3 is 2.54 bits per heavy atom. The lowest BCUT2D eigenvalue weighted by atomic mass is 10.1. The predicted molar refractivity (Wildman–Crippen MR) is 108 cm³/mol. The maximum atomic E-state index is 12.4. The van der Waals surface area contributed by atoms with Crippen molar-refractivity contribution in [2.24, 2.45) is 0 Å². The van der Waals surface area contributed by atoms with Crippen LogP contribution in [0.4, 0.5) is 5.69 Å². The molecule has 0 spiro atoms. The number of aromatic nitrogens is 1. The maximum Gasteiger partial charge on any atom is 0.288 e. The molecular weight excluding hydrogens is 404 g/mol. The Labute approximate surface area is 170 Å². The van der Waals surface area contributed by atoms with E-state index in [1.807, 2.05) is 24.5 Å². The topological polar surface area (TPSA) is 97.5 Å². The van der Waals surface area contributed by atoms with Crippen LogP contribution in [0.5, 0.6) is 0 Å². The summed E-state index contributed by atoms with van der Waals surface area (Å²) in [7, 11) is 1.49. The van der Waals surface area contributed by atoms with E-state index in [0.29, 0.717) is 11.3 Å². The molecule has 1 saturated heterocycles. The highest BCUT2D eigenvalue weighted by Gasteiger charge is 2.31. The van der Waals surface area contributed by atoms with E-state index in [9.17, 15) is 19.7 Å². The number of thiocarbonyl (C=S) groups is 1. The molecule has 0 bridgehead atoms. The van der Waals surface area contributed by atoms with Crippen LogP contribution in [-0.2, 0) is 9.59 Å². The summed E-state index contributed by atoms with van der Waals surface area (Å²) in [5, 5.41) is 13.5. The lowest BCUT2D eigenvalue weighted by Crippen LogP contribution is -2.52. The first-order valence-corrected chi connectivity index (χ1v) is 8.88. The zero-order valence-corrected chi connectivity index (χ0v) is 16.7. The van der Waals surface area contributed by atoms with Gasteiger partial charge in [-0.3, -0.25) is 29.9 Å². The van der Waals surface area contributed by atoms with Gasteiger partial charge in [0.1, 0.15) is 10.6 Å². The van der Waals surface area contributed by atoms with Crippen LogP contribution in [0.25, 0.3) is 11.8 Å². The molecule has 28 heavy (non-hydrogen) atoms. The first kappa shape index (κ1) is 19.7. The summed E-state index contributed by atoms with van der Waals surface area (Å²) in [5.41, 5.74) is 2.63. The zero-order chi connectivity index (χ0) is 20.7. The van der Waals surface area contributed by atoms with E-state index in [-0.39, 0.29) is 21.4 Å². The van der Waals surface area contributed by atoms with E-state index < -0.39 is 16.7 Å². The van der Waals surface area contributed by atoms with Crippen molar-refractivity contribution in [2.75, 3.05) is 7.05 Å². The summed E-state index contributed by atoms with van der Waals surface area (Å²) in [5.74, 6) is -1.05. The van der Waals surface area contributed by atoms with E-state index >= 15 is 0 Å². The van der Waals surface area contributed by atoms with Crippen LogP contribution in [0, 0.1) is 24.0 Å². The number of hydrogen-bond donors (Lipinski definition) is 1. The molecule has 0 radical (unpaired) electrons. The third kappa shape index (κ3) is 3.30. The normalized spacial score (nSPS) is 15.9.